The maximum absolute atomic E-state index is 5.91. The molecule has 4 heteroatoms. The van der Waals surface area contributed by atoms with E-state index < -0.39 is 0 Å². The first-order valence-corrected chi connectivity index (χ1v) is 9.95. The SMILES string of the molecule is Cc1cccc(OCCN2CCN(CCOc3cccc(C)c3)C(C)C2)c1. The molecule has 27 heavy (non-hydrogen) atoms. The molecular formula is C23H32N2O2. The maximum Gasteiger partial charge on any atom is 0.119 e. The van der Waals surface area contributed by atoms with Crippen LogP contribution >= 0.6 is 0 Å². The Morgan fingerprint density at radius 3 is 2.00 bits per heavy atom. The second-order valence-electron chi connectivity index (χ2n) is 7.52. The largest absolute Gasteiger partial charge is 0.492 e. The summed E-state index contributed by atoms with van der Waals surface area (Å²) in [5.74, 6) is 1.93. The fourth-order valence-electron chi connectivity index (χ4n) is 3.59. The summed E-state index contributed by atoms with van der Waals surface area (Å²) < 4.78 is 11.8. The molecule has 2 aromatic carbocycles. The van der Waals surface area contributed by atoms with E-state index in [0.29, 0.717) is 6.04 Å². The van der Waals surface area contributed by atoms with E-state index in [4.69, 9.17) is 9.47 Å². The topological polar surface area (TPSA) is 24.9 Å². The molecule has 1 unspecified atom stereocenters. The molecule has 0 aromatic heterocycles. The molecule has 1 fully saturated rings. The lowest BCUT2D eigenvalue weighted by Crippen LogP contribution is -2.53. The Bertz CT molecular complexity index is 719. The standard InChI is InChI=1S/C23H32N2O2/c1-19-6-4-8-22(16-19)26-14-12-24-10-11-25(21(3)18-24)13-15-27-23-9-5-7-20(2)17-23/h4-9,16-17,21H,10-15,18H2,1-3H3. The Labute approximate surface area is 163 Å². The van der Waals surface area contributed by atoms with Crippen LogP contribution in [-0.2, 0) is 0 Å². The predicted molar refractivity (Wildman–Crippen MR) is 111 cm³/mol. The Morgan fingerprint density at radius 2 is 1.44 bits per heavy atom. The summed E-state index contributed by atoms with van der Waals surface area (Å²) in [6, 6.07) is 17.1. The molecule has 0 N–H and O–H groups in total. The Kier molecular flexibility index (Phi) is 7.13. The lowest BCUT2D eigenvalue weighted by Gasteiger charge is -2.39. The highest BCUT2D eigenvalue weighted by atomic mass is 16.5. The van der Waals surface area contributed by atoms with Gasteiger partial charge < -0.3 is 9.47 Å². The minimum absolute atomic E-state index is 0.541. The maximum atomic E-state index is 5.91. The summed E-state index contributed by atoms with van der Waals surface area (Å²) in [6.45, 7) is 13.2. The molecule has 1 saturated heterocycles. The lowest BCUT2D eigenvalue weighted by molar-refractivity contribution is 0.0641. The molecule has 146 valence electrons. The summed E-state index contributed by atoms with van der Waals surface area (Å²) in [4.78, 5) is 5.02. The van der Waals surface area contributed by atoms with Crippen molar-refractivity contribution in [3.8, 4) is 11.5 Å². The van der Waals surface area contributed by atoms with Gasteiger partial charge in [0.25, 0.3) is 0 Å². The van der Waals surface area contributed by atoms with Crippen LogP contribution in [0.5, 0.6) is 11.5 Å². The van der Waals surface area contributed by atoms with Gasteiger partial charge in [-0.25, -0.2) is 0 Å². The molecule has 1 atom stereocenters. The van der Waals surface area contributed by atoms with E-state index in [1.54, 1.807) is 0 Å². The summed E-state index contributed by atoms with van der Waals surface area (Å²) in [7, 11) is 0. The number of hydrogen-bond acceptors (Lipinski definition) is 4. The number of benzene rings is 2. The van der Waals surface area contributed by atoms with Crippen LogP contribution in [-0.4, -0.2) is 61.8 Å². The fraction of sp³-hybridized carbons (Fsp3) is 0.478. The molecule has 0 amide bonds. The minimum atomic E-state index is 0.541. The third-order valence-electron chi connectivity index (χ3n) is 5.15. The monoisotopic (exact) mass is 368 g/mol. The summed E-state index contributed by atoms with van der Waals surface area (Å²) >= 11 is 0. The van der Waals surface area contributed by atoms with Crippen molar-refractivity contribution >= 4 is 0 Å². The summed E-state index contributed by atoms with van der Waals surface area (Å²) in [6.07, 6.45) is 0. The van der Waals surface area contributed by atoms with E-state index in [0.717, 1.165) is 57.4 Å². The molecule has 1 aliphatic rings. The highest BCUT2D eigenvalue weighted by Gasteiger charge is 2.23. The molecule has 3 rings (SSSR count). The highest BCUT2D eigenvalue weighted by molar-refractivity contribution is 5.28. The van der Waals surface area contributed by atoms with Crippen LogP contribution in [0.1, 0.15) is 18.1 Å². The number of piperazine rings is 1. The van der Waals surface area contributed by atoms with Gasteiger partial charge in [-0.05, 0) is 56.2 Å². The van der Waals surface area contributed by atoms with E-state index in [1.165, 1.54) is 11.1 Å². The predicted octanol–water partition coefficient (Wildman–Crippen LogP) is 3.77. The Morgan fingerprint density at radius 1 is 0.852 bits per heavy atom. The van der Waals surface area contributed by atoms with Crippen LogP contribution in [0.4, 0.5) is 0 Å². The van der Waals surface area contributed by atoms with Gasteiger partial charge in [0.05, 0.1) is 0 Å². The first-order valence-electron chi connectivity index (χ1n) is 9.95. The third kappa shape index (κ3) is 6.26. The molecule has 0 saturated carbocycles. The van der Waals surface area contributed by atoms with E-state index in [1.807, 2.05) is 24.3 Å². The van der Waals surface area contributed by atoms with E-state index in [2.05, 4.69) is 54.8 Å². The van der Waals surface area contributed by atoms with Crippen molar-refractivity contribution in [3.63, 3.8) is 0 Å². The molecule has 0 radical (unpaired) electrons. The Hall–Kier alpha value is -2.04. The number of ether oxygens (including phenoxy) is 2. The molecule has 0 aliphatic carbocycles. The average molecular weight is 369 g/mol. The van der Waals surface area contributed by atoms with Crippen molar-refractivity contribution in [1.29, 1.82) is 0 Å². The lowest BCUT2D eigenvalue weighted by atomic mass is 10.2. The van der Waals surface area contributed by atoms with E-state index in [-0.39, 0.29) is 0 Å². The van der Waals surface area contributed by atoms with Crippen LogP contribution in [0, 0.1) is 13.8 Å². The average Bonchev–Trinajstić information content (AvgIpc) is 2.64. The van der Waals surface area contributed by atoms with Gasteiger partial charge >= 0.3 is 0 Å². The van der Waals surface area contributed by atoms with Crippen LogP contribution in [0.15, 0.2) is 48.5 Å². The van der Waals surface area contributed by atoms with Gasteiger partial charge in [0.2, 0.25) is 0 Å². The molecule has 0 bridgehead atoms. The van der Waals surface area contributed by atoms with Crippen molar-refractivity contribution in [1.82, 2.24) is 9.80 Å². The van der Waals surface area contributed by atoms with Crippen LogP contribution in [0.2, 0.25) is 0 Å². The second-order valence-corrected chi connectivity index (χ2v) is 7.52. The number of aryl methyl sites for hydroxylation is 2. The molecule has 4 nitrogen and oxygen atoms in total. The van der Waals surface area contributed by atoms with E-state index >= 15 is 0 Å². The summed E-state index contributed by atoms with van der Waals surface area (Å²) in [5.41, 5.74) is 2.48. The van der Waals surface area contributed by atoms with Crippen LogP contribution < -0.4 is 9.47 Å². The smallest absolute Gasteiger partial charge is 0.119 e. The fourth-order valence-corrected chi connectivity index (χ4v) is 3.59. The van der Waals surface area contributed by atoms with Gasteiger partial charge in [0, 0.05) is 38.8 Å². The zero-order valence-electron chi connectivity index (χ0n) is 16.9. The van der Waals surface area contributed by atoms with Gasteiger partial charge in [-0.2, -0.15) is 0 Å². The van der Waals surface area contributed by atoms with Crippen molar-refractivity contribution in [2.75, 3.05) is 45.9 Å². The zero-order valence-corrected chi connectivity index (χ0v) is 16.9. The molecule has 0 spiro atoms. The van der Waals surface area contributed by atoms with Gasteiger partial charge in [0.15, 0.2) is 0 Å². The summed E-state index contributed by atoms with van der Waals surface area (Å²) in [5, 5.41) is 0. The third-order valence-corrected chi connectivity index (χ3v) is 5.15. The van der Waals surface area contributed by atoms with Gasteiger partial charge in [0.1, 0.15) is 24.7 Å². The first-order chi connectivity index (χ1) is 13.1. The highest BCUT2D eigenvalue weighted by Crippen LogP contribution is 2.15. The molecule has 1 aliphatic heterocycles. The van der Waals surface area contributed by atoms with Crippen molar-refractivity contribution < 1.29 is 9.47 Å². The first kappa shape index (κ1) is 19.7. The minimum Gasteiger partial charge on any atom is -0.492 e. The van der Waals surface area contributed by atoms with Gasteiger partial charge in [-0.1, -0.05) is 24.3 Å². The second kappa shape index (κ2) is 9.77. The van der Waals surface area contributed by atoms with E-state index in [9.17, 15) is 0 Å². The number of nitrogens with zero attached hydrogens (tertiary/aromatic N) is 2. The zero-order chi connectivity index (χ0) is 19.1. The molecule has 2 aromatic rings. The van der Waals surface area contributed by atoms with Crippen molar-refractivity contribution in [2.24, 2.45) is 0 Å². The van der Waals surface area contributed by atoms with Crippen molar-refractivity contribution in [2.45, 2.75) is 26.8 Å². The van der Waals surface area contributed by atoms with Crippen molar-refractivity contribution in [3.05, 3.63) is 59.7 Å². The van der Waals surface area contributed by atoms with Gasteiger partial charge in [-0.3, -0.25) is 9.80 Å². The van der Waals surface area contributed by atoms with Crippen LogP contribution in [0.3, 0.4) is 0 Å². The van der Waals surface area contributed by atoms with Gasteiger partial charge in [-0.15, -0.1) is 0 Å². The molecule has 1 heterocycles. The molecular weight excluding hydrogens is 336 g/mol. The number of rotatable bonds is 8. The van der Waals surface area contributed by atoms with Crippen LogP contribution in [0.25, 0.3) is 0 Å². The quantitative estimate of drug-likeness (QED) is 0.708. The normalized spacial score (nSPS) is 18.4. The number of hydrogen-bond donors (Lipinski definition) is 0. The Balaban J connectivity index is 1.35.